The van der Waals surface area contributed by atoms with Crippen LogP contribution >= 0.6 is 0 Å². The second kappa shape index (κ2) is 6.37. The molecule has 1 aromatic heterocycles. The van der Waals surface area contributed by atoms with Crippen molar-refractivity contribution >= 4 is 21.9 Å². The first-order valence-corrected chi connectivity index (χ1v) is 7.61. The van der Waals surface area contributed by atoms with Gasteiger partial charge in [-0.15, -0.1) is 0 Å². The van der Waals surface area contributed by atoms with Gasteiger partial charge in [0.1, 0.15) is 0 Å². The van der Waals surface area contributed by atoms with E-state index in [4.69, 9.17) is 5.14 Å². The summed E-state index contributed by atoms with van der Waals surface area (Å²) in [5.41, 5.74) is 0.317. The minimum Gasteiger partial charge on any atom is -0.334 e. The fourth-order valence-electron chi connectivity index (χ4n) is 1.55. The number of anilines is 1. The minimum absolute atomic E-state index is 0.00172. The molecule has 116 valence electrons. The lowest BCUT2D eigenvalue weighted by atomic mass is 10.2. The van der Waals surface area contributed by atoms with Crippen LogP contribution in [0.4, 0.5) is 10.6 Å². The van der Waals surface area contributed by atoms with Gasteiger partial charge in [0.15, 0.2) is 5.82 Å². The number of nitrogens with zero attached hydrogens (tertiary/aromatic N) is 1. The molecule has 2 rings (SSSR count). The van der Waals surface area contributed by atoms with Crippen molar-refractivity contribution in [3.63, 3.8) is 0 Å². The number of benzene rings is 1. The zero-order chi connectivity index (χ0) is 16.2. The third-order valence-electron chi connectivity index (χ3n) is 2.63. The molecular weight excluding hydrogens is 310 g/mol. The molecule has 0 bridgehead atoms. The number of H-pyrrole nitrogens is 1. The van der Waals surface area contributed by atoms with Crippen LogP contribution in [0.15, 0.2) is 46.1 Å². The van der Waals surface area contributed by atoms with Gasteiger partial charge in [-0.3, -0.25) is 10.1 Å². The largest absolute Gasteiger partial charge is 0.334 e. The van der Waals surface area contributed by atoms with Gasteiger partial charge in [0.05, 0.1) is 4.90 Å². The van der Waals surface area contributed by atoms with Crippen LogP contribution in [0.5, 0.6) is 0 Å². The van der Waals surface area contributed by atoms with Gasteiger partial charge in [0.2, 0.25) is 10.0 Å². The maximum atomic E-state index is 11.6. The molecule has 0 unspecified atom stereocenters. The molecular formula is C12H13N5O4S. The Bertz CT molecular complexity index is 809. The molecule has 5 N–H and O–H groups in total. The highest BCUT2D eigenvalue weighted by atomic mass is 32.2. The Morgan fingerprint density at radius 3 is 2.41 bits per heavy atom. The Hall–Kier alpha value is -2.72. The van der Waals surface area contributed by atoms with Crippen molar-refractivity contribution < 1.29 is 13.2 Å². The molecule has 10 heteroatoms. The predicted molar refractivity (Wildman–Crippen MR) is 78.5 cm³/mol. The van der Waals surface area contributed by atoms with Crippen LogP contribution in [0.1, 0.15) is 5.56 Å². The number of amides is 2. The van der Waals surface area contributed by atoms with Crippen molar-refractivity contribution in [3.05, 3.63) is 52.3 Å². The Balaban J connectivity index is 1.91. The first-order valence-electron chi connectivity index (χ1n) is 6.07. The summed E-state index contributed by atoms with van der Waals surface area (Å²) in [5, 5.41) is 15.8. The number of hydrogen-bond acceptors (Lipinski definition) is 5. The third kappa shape index (κ3) is 4.40. The molecule has 22 heavy (non-hydrogen) atoms. The number of carbonyl (C=O) groups excluding carboxylic acids is 1. The fraction of sp³-hybridized carbons (Fsp3) is 0.0833. The Morgan fingerprint density at radius 2 is 1.86 bits per heavy atom. The van der Waals surface area contributed by atoms with Crippen molar-refractivity contribution in [2.45, 2.75) is 11.4 Å². The first kappa shape index (κ1) is 15.7. The van der Waals surface area contributed by atoms with Gasteiger partial charge >= 0.3 is 6.03 Å². The molecule has 2 aromatic rings. The number of carbonyl (C=O) groups is 1. The number of hydrogen-bond donors (Lipinski definition) is 4. The highest BCUT2D eigenvalue weighted by Crippen LogP contribution is 2.08. The van der Waals surface area contributed by atoms with Gasteiger partial charge in [-0.2, -0.15) is 5.10 Å². The van der Waals surface area contributed by atoms with Gasteiger partial charge in [-0.05, 0) is 23.8 Å². The number of aromatic amines is 1. The lowest BCUT2D eigenvalue weighted by molar-refractivity contribution is 0.251. The summed E-state index contributed by atoms with van der Waals surface area (Å²) in [6.07, 6.45) is 0. The van der Waals surface area contributed by atoms with Gasteiger partial charge < -0.3 is 5.32 Å². The normalized spacial score (nSPS) is 11.0. The van der Waals surface area contributed by atoms with Crippen LogP contribution in [0.25, 0.3) is 0 Å². The molecule has 0 spiro atoms. The van der Waals surface area contributed by atoms with Crippen LogP contribution in [0, 0.1) is 0 Å². The topological polar surface area (TPSA) is 147 Å². The molecule has 0 aliphatic rings. The maximum absolute atomic E-state index is 11.6. The summed E-state index contributed by atoms with van der Waals surface area (Å²) in [5.74, 6) is 0.196. The van der Waals surface area contributed by atoms with E-state index in [1.54, 1.807) is 0 Å². The summed E-state index contributed by atoms with van der Waals surface area (Å²) in [6, 6.07) is 7.86. The van der Waals surface area contributed by atoms with E-state index in [-0.39, 0.29) is 22.8 Å². The van der Waals surface area contributed by atoms with Gasteiger partial charge in [0.25, 0.3) is 5.56 Å². The highest BCUT2D eigenvalue weighted by molar-refractivity contribution is 7.89. The number of primary sulfonamides is 1. The summed E-state index contributed by atoms with van der Waals surface area (Å²) < 4.78 is 22.2. The average molecular weight is 323 g/mol. The zero-order valence-electron chi connectivity index (χ0n) is 11.2. The molecule has 0 radical (unpaired) electrons. The molecule has 0 atom stereocenters. The van der Waals surface area contributed by atoms with E-state index in [1.807, 2.05) is 0 Å². The van der Waals surface area contributed by atoms with Crippen LogP contribution in [-0.2, 0) is 16.6 Å². The van der Waals surface area contributed by atoms with E-state index in [0.717, 1.165) is 0 Å². The standard InChI is InChI=1S/C12H13N5O4S/c13-22(20,21)9-3-1-8(2-4-9)7-14-12(19)15-10-5-6-11(18)17-16-10/h1-6H,7H2,(H,17,18)(H2,13,20,21)(H2,14,15,16,19). The van der Waals surface area contributed by atoms with E-state index < -0.39 is 16.1 Å². The number of rotatable bonds is 4. The predicted octanol–water partition coefficient (Wildman–Crippen LogP) is -0.261. The quantitative estimate of drug-likeness (QED) is 0.612. The first-order chi connectivity index (χ1) is 10.3. The van der Waals surface area contributed by atoms with Crippen LogP contribution < -0.4 is 21.3 Å². The molecule has 1 aromatic carbocycles. The van der Waals surface area contributed by atoms with Gasteiger partial charge in [0, 0.05) is 12.6 Å². The molecule has 0 fully saturated rings. The van der Waals surface area contributed by atoms with E-state index in [2.05, 4.69) is 20.8 Å². The smallest absolute Gasteiger partial charge is 0.320 e. The Labute approximate surface area is 125 Å². The summed E-state index contributed by atoms with van der Waals surface area (Å²) in [6.45, 7) is 0.181. The second-order valence-corrected chi connectivity index (χ2v) is 5.86. The Morgan fingerprint density at radius 1 is 1.18 bits per heavy atom. The van der Waals surface area contributed by atoms with Crippen molar-refractivity contribution in [1.29, 1.82) is 0 Å². The lowest BCUT2D eigenvalue weighted by Crippen LogP contribution is -2.29. The maximum Gasteiger partial charge on any atom is 0.320 e. The molecule has 0 aliphatic carbocycles. The Kier molecular flexibility index (Phi) is 4.53. The summed E-state index contributed by atoms with van der Waals surface area (Å²) in [4.78, 5) is 22.4. The van der Waals surface area contributed by atoms with Crippen LogP contribution in [0.2, 0.25) is 0 Å². The summed E-state index contributed by atoms with van der Waals surface area (Å²) >= 11 is 0. The van der Waals surface area contributed by atoms with E-state index in [1.165, 1.54) is 36.4 Å². The highest BCUT2D eigenvalue weighted by Gasteiger charge is 2.07. The van der Waals surface area contributed by atoms with E-state index in [9.17, 15) is 18.0 Å². The minimum atomic E-state index is -3.73. The van der Waals surface area contributed by atoms with Gasteiger partial charge in [-0.25, -0.2) is 23.4 Å². The molecule has 0 saturated carbocycles. The number of nitrogens with two attached hydrogens (primary N) is 1. The SMILES string of the molecule is NS(=O)(=O)c1ccc(CNC(=O)Nc2ccc(=O)[nH]n2)cc1. The number of sulfonamides is 1. The van der Waals surface area contributed by atoms with Crippen LogP contribution in [0.3, 0.4) is 0 Å². The molecule has 2 amide bonds. The van der Waals surface area contributed by atoms with Crippen molar-refractivity contribution in [1.82, 2.24) is 15.5 Å². The second-order valence-electron chi connectivity index (χ2n) is 4.30. The monoisotopic (exact) mass is 323 g/mol. The van der Waals surface area contributed by atoms with E-state index in [0.29, 0.717) is 5.56 Å². The van der Waals surface area contributed by atoms with Gasteiger partial charge in [-0.1, -0.05) is 12.1 Å². The lowest BCUT2D eigenvalue weighted by Gasteiger charge is -2.07. The van der Waals surface area contributed by atoms with Crippen molar-refractivity contribution in [2.75, 3.05) is 5.32 Å². The molecule has 9 nitrogen and oxygen atoms in total. The number of aromatic nitrogens is 2. The average Bonchev–Trinajstić information content (AvgIpc) is 2.47. The van der Waals surface area contributed by atoms with Crippen molar-refractivity contribution in [2.24, 2.45) is 5.14 Å². The molecule has 1 heterocycles. The molecule has 0 aliphatic heterocycles. The summed E-state index contributed by atoms with van der Waals surface area (Å²) in [7, 11) is -3.73. The van der Waals surface area contributed by atoms with Crippen molar-refractivity contribution in [3.8, 4) is 0 Å². The molecule has 0 saturated heterocycles. The number of nitrogens with one attached hydrogen (secondary N) is 3. The fourth-order valence-corrected chi connectivity index (χ4v) is 2.07. The van der Waals surface area contributed by atoms with E-state index >= 15 is 0 Å². The third-order valence-corrected chi connectivity index (χ3v) is 3.55. The zero-order valence-corrected chi connectivity index (χ0v) is 12.1. The van der Waals surface area contributed by atoms with Crippen LogP contribution in [-0.4, -0.2) is 24.6 Å². The number of urea groups is 1.